The molecule has 0 unspecified atom stereocenters. The second-order valence-corrected chi connectivity index (χ2v) is 4.97. The van der Waals surface area contributed by atoms with Gasteiger partial charge in [-0.2, -0.15) is 0 Å². The number of halogens is 2. The maximum Gasteiger partial charge on any atom is 0.341 e. The second-order valence-electron chi connectivity index (χ2n) is 4.05. The Morgan fingerprint density at radius 1 is 1.25 bits per heavy atom. The smallest absolute Gasteiger partial charge is 0.341 e. The average molecular weight is 339 g/mol. The molecule has 2 aromatic carbocycles. The molecule has 0 aliphatic heterocycles. The van der Waals surface area contributed by atoms with Crippen molar-refractivity contribution in [3.63, 3.8) is 0 Å². The van der Waals surface area contributed by atoms with E-state index in [1.165, 1.54) is 19.2 Å². The number of carbonyl (C=O) groups is 1. The summed E-state index contributed by atoms with van der Waals surface area (Å²) in [5, 5.41) is 0. The first-order valence-corrected chi connectivity index (χ1v) is 6.64. The molecule has 104 valence electrons. The molecule has 0 amide bonds. The van der Waals surface area contributed by atoms with Gasteiger partial charge in [-0.3, -0.25) is 0 Å². The highest BCUT2D eigenvalue weighted by Crippen LogP contribution is 2.18. The van der Waals surface area contributed by atoms with Crippen molar-refractivity contribution in [3.05, 3.63) is 63.9 Å². The Labute approximate surface area is 124 Å². The first kappa shape index (κ1) is 14.5. The lowest BCUT2D eigenvalue weighted by molar-refractivity contribution is 0.0467. The van der Waals surface area contributed by atoms with Gasteiger partial charge in [0.1, 0.15) is 18.2 Å². The minimum absolute atomic E-state index is 0.0870. The fourth-order valence-electron chi connectivity index (χ4n) is 1.64. The van der Waals surface area contributed by atoms with Crippen LogP contribution in [0, 0.1) is 5.82 Å². The van der Waals surface area contributed by atoms with Crippen LogP contribution in [0.2, 0.25) is 0 Å². The van der Waals surface area contributed by atoms with E-state index in [9.17, 15) is 9.18 Å². The third-order valence-corrected chi connectivity index (χ3v) is 3.15. The van der Waals surface area contributed by atoms with Crippen LogP contribution in [0.5, 0.6) is 5.75 Å². The lowest BCUT2D eigenvalue weighted by Gasteiger charge is -2.07. The Balaban J connectivity index is 2.05. The number of methoxy groups -OCH3 is 1. The number of esters is 1. The highest BCUT2D eigenvalue weighted by atomic mass is 79.9. The van der Waals surface area contributed by atoms with Crippen molar-refractivity contribution < 1.29 is 18.7 Å². The standard InChI is InChI=1S/C15H12BrFO3/c1-19-12-5-6-13(14(17)8-12)15(18)20-9-10-3-2-4-11(16)7-10/h2-8H,9H2,1H3. The Morgan fingerprint density at radius 2 is 2.05 bits per heavy atom. The van der Waals surface area contributed by atoms with Gasteiger partial charge in [0.05, 0.1) is 12.7 Å². The minimum Gasteiger partial charge on any atom is -0.497 e. The number of rotatable bonds is 4. The zero-order chi connectivity index (χ0) is 14.5. The maximum absolute atomic E-state index is 13.7. The van der Waals surface area contributed by atoms with Crippen LogP contribution >= 0.6 is 15.9 Å². The molecule has 3 nitrogen and oxygen atoms in total. The van der Waals surface area contributed by atoms with Gasteiger partial charge < -0.3 is 9.47 Å². The summed E-state index contributed by atoms with van der Waals surface area (Å²) in [6, 6.07) is 11.4. The molecule has 0 radical (unpaired) electrons. The molecule has 0 N–H and O–H groups in total. The molecule has 0 fully saturated rings. The zero-order valence-electron chi connectivity index (χ0n) is 10.7. The molecule has 0 aliphatic rings. The summed E-state index contributed by atoms with van der Waals surface area (Å²) in [7, 11) is 1.43. The summed E-state index contributed by atoms with van der Waals surface area (Å²) in [6.45, 7) is 0.0870. The van der Waals surface area contributed by atoms with E-state index < -0.39 is 11.8 Å². The zero-order valence-corrected chi connectivity index (χ0v) is 12.3. The number of ether oxygens (including phenoxy) is 2. The SMILES string of the molecule is COc1ccc(C(=O)OCc2cccc(Br)c2)c(F)c1. The van der Waals surface area contributed by atoms with E-state index in [4.69, 9.17) is 9.47 Å². The highest BCUT2D eigenvalue weighted by molar-refractivity contribution is 9.10. The lowest BCUT2D eigenvalue weighted by atomic mass is 10.2. The first-order valence-electron chi connectivity index (χ1n) is 5.85. The topological polar surface area (TPSA) is 35.5 Å². The van der Waals surface area contributed by atoms with Crippen LogP contribution in [0.4, 0.5) is 4.39 Å². The van der Waals surface area contributed by atoms with E-state index in [2.05, 4.69) is 15.9 Å². The third-order valence-electron chi connectivity index (χ3n) is 2.66. The summed E-state index contributed by atoms with van der Waals surface area (Å²) in [4.78, 5) is 11.8. The summed E-state index contributed by atoms with van der Waals surface area (Å²) >= 11 is 3.33. The van der Waals surface area contributed by atoms with Crippen LogP contribution in [0.3, 0.4) is 0 Å². The number of carbonyl (C=O) groups excluding carboxylic acids is 1. The van der Waals surface area contributed by atoms with E-state index in [-0.39, 0.29) is 12.2 Å². The Kier molecular flexibility index (Phi) is 4.74. The van der Waals surface area contributed by atoms with Crippen LogP contribution < -0.4 is 4.74 Å². The van der Waals surface area contributed by atoms with Crippen molar-refractivity contribution in [2.75, 3.05) is 7.11 Å². The molecule has 0 bridgehead atoms. The monoisotopic (exact) mass is 338 g/mol. The molecular formula is C15H12BrFO3. The predicted octanol–water partition coefficient (Wildman–Crippen LogP) is 3.95. The number of benzene rings is 2. The maximum atomic E-state index is 13.7. The summed E-state index contributed by atoms with van der Waals surface area (Å²) < 4.78 is 24.5. The highest BCUT2D eigenvalue weighted by Gasteiger charge is 2.14. The fourth-order valence-corrected chi connectivity index (χ4v) is 2.09. The van der Waals surface area contributed by atoms with Crippen molar-refractivity contribution >= 4 is 21.9 Å². The van der Waals surface area contributed by atoms with Gasteiger partial charge in [-0.1, -0.05) is 28.1 Å². The normalized spacial score (nSPS) is 10.2. The molecule has 2 rings (SSSR count). The van der Waals surface area contributed by atoms with Crippen LogP contribution in [0.1, 0.15) is 15.9 Å². The first-order chi connectivity index (χ1) is 9.60. The van der Waals surface area contributed by atoms with Crippen LogP contribution in [0.25, 0.3) is 0 Å². The molecule has 0 aliphatic carbocycles. The van der Waals surface area contributed by atoms with E-state index in [1.54, 1.807) is 0 Å². The quantitative estimate of drug-likeness (QED) is 0.791. The summed E-state index contributed by atoms with van der Waals surface area (Å²) in [6.07, 6.45) is 0. The number of hydrogen-bond donors (Lipinski definition) is 0. The molecular weight excluding hydrogens is 327 g/mol. The van der Waals surface area contributed by atoms with Crippen molar-refractivity contribution in [2.24, 2.45) is 0 Å². The molecule has 0 saturated heterocycles. The van der Waals surface area contributed by atoms with Crippen molar-refractivity contribution in [1.82, 2.24) is 0 Å². The van der Waals surface area contributed by atoms with Gasteiger partial charge in [-0.25, -0.2) is 9.18 Å². The third kappa shape index (κ3) is 3.57. The minimum atomic E-state index is -0.704. The molecule has 5 heteroatoms. The van der Waals surface area contributed by atoms with Crippen LogP contribution in [-0.4, -0.2) is 13.1 Å². The molecule has 2 aromatic rings. The van der Waals surface area contributed by atoms with E-state index in [0.717, 1.165) is 16.1 Å². The van der Waals surface area contributed by atoms with Crippen LogP contribution in [0.15, 0.2) is 46.9 Å². The van der Waals surface area contributed by atoms with Gasteiger partial charge in [0.25, 0.3) is 0 Å². The van der Waals surface area contributed by atoms with Gasteiger partial charge in [-0.15, -0.1) is 0 Å². The second kappa shape index (κ2) is 6.52. The molecule has 20 heavy (non-hydrogen) atoms. The van der Waals surface area contributed by atoms with Crippen molar-refractivity contribution in [2.45, 2.75) is 6.61 Å². The Morgan fingerprint density at radius 3 is 2.70 bits per heavy atom. The van der Waals surface area contributed by atoms with E-state index >= 15 is 0 Å². The summed E-state index contributed by atoms with van der Waals surface area (Å²) in [5.41, 5.74) is 0.711. The molecule has 0 spiro atoms. The molecule has 0 aromatic heterocycles. The van der Waals surface area contributed by atoms with Gasteiger partial charge in [0, 0.05) is 10.5 Å². The molecule has 0 atom stereocenters. The number of hydrogen-bond acceptors (Lipinski definition) is 3. The van der Waals surface area contributed by atoms with Gasteiger partial charge in [-0.05, 0) is 29.8 Å². The van der Waals surface area contributed by atoms with E-state index in [1.807, 2.05) is 24.3 Å². The predicted molar refractivity (Wildman–Crippen MR) is 76.2 cm³/mol. The summed E-state index contributed by atoms with van der Waals surface area (Å²) in [5.74, 6) is -1.01. The van der Waals surface area contributed by atoms with Gasteiger partial charge in [0.15, 0.2) is 0 Å². The molecule has 0 heterocycles. The van der Waals surface area contributed by atoms with Crippen molar-refractivity contribution in [3.8, 4) is 5.75 Å². The lowest BCUT2D eigenvalue weighted by Crippen LogP contribution is -2.07. The molecule has 0 saturated carbocycles. The van der Waals surface area contributed by atoms with Gasteiger partial charge >= 0.3 is 5.97 Å². The van der Waals surface area contributed by atoms with Crippen LogP contribution in [-0.2, 0) is 11.3 Å². The van der Waals surface area contributed by atoms with E-state index in [0.29, 0.717) is 5.75 Å². The van der Waals surface area contributed by atoms with Crippen molar-refractivity contribution in [1.29, 1.82) is 0 Å². The van der Waals surface area contributed by atoms with Gasteiger partial charge in [0.2, 0.25) is 0 Å². The Hall–Kier alpha value is -1.88. The fraction of sp³-hybridized carbons (Fsp3) is 0.133. The average Bonchev–Trinajstić information content (AvgIpc) is 2.44. The Bertz CT molecular complexity index is 628. The largest absolute Gasteiger partial charge is 0.497 e.